The van der Waals surface area contributed by atoms with Crippen molar-refractivity contribution in [2.45, 2.75) is 32.2 Å². The predicted molar refractivity (Wildman–Crippen MR) is 75.1 cm³/mol. The summed E-state index contributed by atoms with van der Waals surface area (Å²) in [6.07, 6.45) is 4.76. The van der Waals surface area contributed by atoms with Crippen LogP contribution in [0.3, 0.4) is 0 Å². The fourth-order valence-corrected chi connectivity index (χ4v) is 3.27. The van der Waals surface area contributed by atoms with Crippen LogP contribution in [0.15, 0.2) is 17.1 Å². The van der Waals surface area contributed by atoms with Crippen LogP contribution in [0.4, 0.5) is 10.1 Å². The largest absolute Gasteiger partial charge is 0.356 e. The second-order valence-corrected chi connectivity index (χ2v) is 5.81. The van der Waals surface area contributed by atoms with Gasteiger partial charge >= 0.3 is 0 Å². The van der Waals surface area contributed by atoms with E-state index in [2.05, 4.69) is 32.5 Å². The van der Waals surface area contributed by atoms with Crippen LogP contribution in [0.25, 0.3) is 0 Å². The Morgan fingerprint density at radius 2 is 2.12 bits per heavy atom. The van der Waals surface area contributed by atoms with Crippen molar-refractivity contribution in [1.82, 2.24) is 4.90 Å². The third-order valence-corrected chi connectivity index (χ3v) is 4.39. The molecule has 0 spiro atoms. The van der Waals surface area contributed by atoms with E-state index in [-0.39, 0.29) is 5.82 Å². The summed E-state index contributed by atoms with van der Waals surface area (Å²) in [4.78, 5) is 7.00. The fraction of sp³-hybridized carbons (Fsp3) is 0.462. The van der Waals surface area contributed by atoms with Gasteiger partial charge in [0.25, 0.3) is 0 Å². The van der Waals surface area contributed by atoms with Crippen molar-refractivity contribution < 1.29 is 4.39 Å². The van der Waals surface area contributed by atoms with Crippen LogP contribution in [-0.4, -0.2) is 17.3 Å². The first-order valence-corrected chi connectivity index (χ1v) is 7.12. The second-order valence-electron chi connectivity index (χ2n) is 4.65. The van der Waals surface area contributed by atoms with Crippen molar-refractivity contribution in [3.05, 3.63) is 27.1 Å². The average molecular weight is 344 g/mol. The summed E-state index contributed by atoms with van der Waals surface area (Å²) >= 11 is 2.21. The van der Waals surface area contributed by atoms with Gasteiger partial charge in [0.2, 0.25) is 0 Å². The molecular formula is C13H14FIN2. The standard InChI is InChI=1S/C13H14FIN2/c14-9-6-11(15)10-8-17-5-3-1-2-4-13(17)16-12(10)7-9/h6-7H,1-5,8H2. The number of fused-ring (bicyclic) bond motifs is 2. The van der Waals surface area contributed by atoms with Gasteiger partial charge in [-0.1, -0.05) is 6.42 Å². The van der Waals surface area contributed by atoms with E-state index in [1.165, 1.54) is 24.8 Å². The maximum Gasteiger partial charge on any atom is 0.126 e. The summed E-state index contributed by atoms with van der Waals surface area (Å²) in [7, 11) is 0. The summed E-state index contributed by atoms with van der Waals surface area (Å²) < 4.78 is 14.4. The SMILES string of the molecule is Fc1cc(I)c2c(c1)N=C1CCCCCN1C2. The highest BCUT2D eigenvalue weighted by Crippen LogP contribution is 2.33. The van der Waals surface area contributed by atoms with Gasteiger partial charge in [0.15, 0.2) is 0 Å². The van der Waals surface area contributed by atoms with Crippen LogP contribution in [0.1, 0.15) is 31.2 Å². The van der Waals surface area contributed by atoms with Crippen molar-refractivity contribution in [1.29, 1.82) is 0 Å². The van der Waals surface area contributed by atoms with Crippen molar-refractivity contribution in [2.24, 2.45) is 4.99 Å². The number of hydrogen-bond acceptors (Lipinski definition) is 2. The molecule has 1 saturated heterocycles. The molecule has 0 amide bonds. The lowest BCUT2D eigenvalue weighted by atomic mass is 10.1. The molecule has 2 nitrogen and oxygen atoms in total. The third kappa shape index (κ3) is 2.19. The van der Waals surface area contributed by atoms with Crippen LogP contribution in [-0.2, 0) is 6.54 Å². The Balaban J connectivity index is 2.05. The third-order valence-electron chi connectivity index (χ3n) is 3.43. The van der Waals surface area contributed by atoms with Gasteiger partial charge in [-0.15, -0.1) is 0 Å². The van der Waals surface area contributed by atoms with Gasteiger partial charge in [-0.25, -0.2) is 9.38 Å². The number of nitrogens with zero attached hydrogens (tertiary/aromatic N) is 2. The molecule has 0 saturated carbocycles. The van der Waals surface area contributed by atoms with Crippen molar-refractivity contribution in [2.75, 3.05) is 6.54 Å². The maximum absolute atomic E-state index is 13.4. The minimum Gasteiger partial charge on any atom is -0.356 e. The van der Waals surface area contributed by atoms with Crippen LogP contribution in [0.5, 0.6) is 0 Å². The van der Waals surface area contributed by atoms with E-state index < -0.39 is 0 Å². The van der Waals surface area contributed by atoms with Gasteiger partial charge in [0.1, 0.15) is 11.7 Å². The lowest BCUT2D eigenvalue weighted by molar-refractivity contribution is 0.402. The molecule has 2 aliphatic rings. The zero-order valence-corrected chi connectivity index (χ0v) is 11.7. The number of amidine groups is 1. The van der Waals surface area contributed by atoms with Gasteiger partial charge in [-0.05, 0) is 47.6 Å². The monoisotopic (exact) mass is 344 g/mol. The van der Waals surface area contributed by atoms with E-state index in [1.807, 2.05) is 0 Å². The lowest BCUT2D eigenvalue weighted by Gasteiger charge is -2.29. The zero-order chi connectivity index (χ0) is 11.8. The minimum absolute atomic E-state index is 0.181. The maximum atomic E-state index is 13.4. The molecule has 0 bridgehead atoms. The molecule has 0 unspecified atom stereocenters. The lowest BCUT2D eigenvalue weighted by Crippen LogP contribution is -2.32. The van der Waals surface area contributed by atoms with Crippen LogP contribution < -0.4 is 0 Å². The number of halogens is 2. The molecule has 17 heavy (non-hydrogen) atoms. The molecule has 1 aromatic rings. The van der Waals surface area contributed by atoms with Gasteiger partial charge < -0.3 is 4.90 Å². The smallest absolute Gasteiger partial charge is 0.126 e. The molecule has 1 aromatic carbocycles. The number of benzene rings is 1. The summed E-state index contributed by atoms with van der Waals surface area (Å²) in [5.74, 6) is 0.968. The fourth-order valence-electron chi connectivity index (χ4n) is 2.52. The van der Waals surface area contributed by atoms with E-state index in [1.54, 1.807) is 12.1 Å². The van der Waals surface area contributed by atoms with Crippen molar-refractivity contribution in [3.63, 3.8) is 0 Å². The van der Waals surface area contributed by atoms with E-state index in [0.717, 1.165) is 34.6 Å². The molecule has 0 N–H and O–H groups in total. The van der Waals surface area contributed by atoms with Crippen LogP contribution in [0, 0.1) is 9.39 Å². The van der Waals surface area contributed by atoms with Gasteiger partial charge in [0.05, 0.1) is 5.69 Å². The van der Waals surface area contributed by atoms with E-state index in [9.17, 15) is 4.39 Å². The predicted octanol–water partition coefficient (Wildman–Crippen LogP) is 3.85. The quantitative estimate of drug-likeness (QED) is 0.653. The van der Waals surface area contributed by atoms with E-state index >= 15 is 0 Å². The van der Waals surface area contributed by atoms with E-state index in [0.29, 0.717) is 0 Å². The second kappa shape index (κ2) is 4.55. The van der Waals surface area contributed by atoms with Gasteiger partial charge in [0, 0.05) is 28.6 Å². The molecule has 0 radical (unpaired) electrons. The Bertz CT molecular complexity index is 485. The number of aliphatic imine (C=N–C) groups is 1. The first kappa shape index (κ1) is 11.4. The normalized spacial score (nSPS) is 19.2. The molecule has 0 aliphatic carbocycles. The molecule has 1 fully saturated rings. The molecular weight excluding hydrogens is 330 g/mol. The number of hydrogen-bond donors (Lipinski definition) is 0. The number of rotatable bonds is 0. The molecule has 0 atom stereocenters. The van der Waals surface area contributed by atoms with E-state index in [4.69, 9.17) is 0 Å². The highest BCUT2D eigenvalue weighted by molar-refractivity contribution is 14.1. The molecule has 2 heterocycles. The Morgan fingerprint density at radius 1 is 1.24 bits per heavy atom. The summed E-state index contributed by atoms with van der Waals surface area (Å²) in [6.45, 7) is 1.98. The Morgan fingerprint density at radius 3 is 3.00 bits per heavy atom. The summed E-state index contributed by atoms with van der Waals surface area (Å²) in [5, 5.41) is 0. The summed E-state index contributed by atoms with van der Waals surface area (Å²) in [5.41, 5.74) is 2.01. The Hall–Kier alpha value is -0.650. The summed E-state index contributed by atoms with van der Waals surface area (Å²) in [6, 6.07) is 3.16. The molecule has 3 rings (SSSR count). The topological polar surface area (TPSA) is 15.6 Å². The molecule has 4 heteroatoms. The van der Waals surface area contributed by atoms with Gasteiger partial charge in [-0.3, -0.25) is 0 Å². The average Bonchev–Trinajstić information content (AvgIpc) is 2.51. The van der Waals surface area contributed by atoms with Crippen LogP contribution in [0.2, 0.25) is 0 Å². The van der Waals surface area contributed by atoms with Crippen molar-refractivity contribution >= 4 is 34.1 Å². The zero-order valence-electron chi connectivity index (χ0n) is 9.55. The Labute approximate surface area is 114 Å². The molecule has 0 aromatic heterocycles. The Kier molecular flexibility index (Phi) is 3.06. The highest BCUT2D eigenvalue weighted by atomic mass is 127. The highest BCUT2D eigenvalue weighted by Gasteiger charge is 2.23. The molecule has 90 valence electrons. The first-order valence-electron chi connectivity index (χ1n) is 6.04. The molecule has 2 aliphatic heterocycles. The minimum atomic E-state index is -0.181. The van der Waals surface area contributed by atoms with Crippen molar-refractivity contribution in [3.8, 4) is 0 Å². The van der Waals surface area contributed by atoms with Crippen LogP contribution >= 0.6 is 22.6 Å². The van der Waals surface area contributed by atoms with Gasteiger partial charge in [-0.2, -0.15) is 0 Å². The first-order chi connectivity index (χ1) is 8.24.